The van der Waals surface area contributed by atoms with Crippen molar-refractivity contribution >= 4 is 38.6 Å². The molecule has 0 aliphatic heterocycles. The van der Waals surface area contributed by atoms with E-state index < -0.39 is 0 Å². The number of nitrogens with zero attached hydrogens (tertiary/aromatic N) is 2. The van der Waals surface area contributed by atoms with Gasteiger partial charge in [-0.25, -0.2) is 4.98 Å². The molecule has 1 aromatic heterocycles. The molecule has 0 bridgehead atoms. The smallest absolute Gasteiger partial charge is 0.128 e. The van der Waals surface area contributed by atoms with E-state index in [0.29, 0.717) is 0 Å². The highest BCUT2D eigenvalue weighted by Crippen LogP contribution is 2.27. The molecule has 2 aromatic carbocycles. The molecule has 0 N–H and O–H groups in total. The van der Waals surface area contributed by atoms with Crippen molar-refractivity contribution in [3.8, 4) is 0 Å². The first kappa shape index (κ1) is 14.6. The molecule has 1 unspecified atom stereocenters. The molecule has 0 aliphatic rings. The van der Waals surface area contributed by atoms with E-state index in [1.54, 1.807) is 0 Å². The maximum atomic E-state index is 6.34. The minimum Gasteiger partial charge on any atom is -0.322 e. The van der Waals surface area contributed by atoms with Crippen LogP contribution < -0.4 is 0 Å². The van der Waals surface area contributed by atoms with Gasteiger partial charge in [0, 0.05) is 11.0 Å². The molecule has 3 rings (SSSR count). The van der Waals surface area contributed by atoms with Crippen molar-refractivity contribution in [2.45, 2.75) is 25.8 Å². The summed E-state index contributed by atoms with van der Waals surface area (Å²) in [4.78, 5) is 4.75. The van der Waals surface area contributed by atoms with Crippen LogP contribution >= 0.6 is 27.5 Å². The predicted molar refractivity (Wildman–Crippen MR) is 92.0 cm³/mol. The number of hydrogen-bond donors (Lipinski definition) is 0. The lowest BCUT2D eigenvalue weighted by molar-refractivity contribution is 0.742. The highest BCUT2D eigenvalue weighted by Gasteiger charge is 2.16. The average molecular weight is 364 g/mol. The summed E-state index contributed by atoms with van der Waals surface area (Å²) in [5, 5.41) is -0.121. The maximum absolute atomic E-state index is 6.34. The molecule has 1 atom stereocenters. The Kier molecular flexibility index (Phi) is 4.05. The highest BCUT2D eigenvalue weighted by atomic mass is 79.9. The molecule has 0 spiro atoms. The summed E-state index contributed by atoms with van der Waals surface area (Å²) in [5.74, 6) is 0.918. The van der Waals surface area contributed by atoms with E-state index in [1.807, 2.05) is 19.1 Å². The zero-order valence-electron chi connectivity index (χ0n) is 12.0. The number of fused-ring (bicyclic) bond motifs is 1. The van der Waals surface area contributed by atoms with Crippen molar-refractivity contribution in [2.24, 2.45) is 0 Å². The maximum Gasteiger partial charge on any atom is 0.128 e. The summed E-state index contributed by atoms with van der Waals surface area (Å²) in [5.41, 5.74) is 4.58. The van der Waals surface area contributed by atoms with E-state index in [0.717, 1.165) is 27.9 Å². The largest absolute Gasteiger partial charge is 0.322 e. The van der Waals surface area contributed by atoms with Crippen LogP contribution in [0.2, 0.25) is 0 Å². The van der Waals surface area contributed by atoms with Crippen LogP contribution in [0.4, 0.5) is 0 Å². The number of imidazole rings is 1. The fourth-order valence-corrected chi connectivity index (χ4v) is 3.21. The van der Waals surface area contributed by atoms with Crippen LogP contribution in [0.3, 0.4) is 0 Å². The lowest BCUT2D eigenvalue weighted by atomic mass is 10.2. The summed E-state index contributed by atoms with van der Waals surface area (Å²) < 4.78 is 3.29. The van der Waals surface area contributed by atoms with Crippen molar-refractivity contribution in [2.75, 3.05) is 0 Å². The van der Waals surface area contributed by atoms with Gasteiger partial charge in [-0.05, 0) is 43.2 Å². The van der Waals surface area contributed by atoms with E-state index in [2.05, 4.69) is 57.8 Å². The van der Waals surface area contributed by atoms with Gasteiger partial charge in [0.2, 0.25) is 0 Å². The van der Waals surface area contributed by atoms with Crippen LogP contribution in [0.1, 0.15) is 29.3 Å². The van der Waals surface area contributed by atoms with Gasteiger partial charge in [0.15, 0.2) is 0 Å². The summed E-state index contributed by atoms with van der Waals surface area (Å²) >= 11 is 9.86. The number of aromatic nitrogens is 2. The molecule has 0 fully saturated rings. The van der Waals surface area contributed by atoms with E-state index in [4.69, 9.17) is 16.6 Å². The second kappa shape index (κ2) is 5.82. The molecule has 21 heavy (non-hydrogen) atoms. The first-order valence-electron chi connectivity index (χ1n) is 6.90. The van der Waals surface area contributed by atoms with E-state index in [9.17, 15) is 0 Å². The number of aryl methyl sites for hydroxylation is 1. The molecule has 0 aliphatic carbocycles. The lowest BCUT2D eigenvalue weighted by Crippen LogP contribution is -2.05. The second-order valence-electron chi connectivity index (χ2n) is 5.24. The van der Waals surface area contributed by atoms with Crippen LogP contribution in [0.5, 0.6) is 0 Å². The number of hydrogen-bond acceptors (Lipinski definition) is 1. The molecule has 0 saturated heterocycles. The molecule has 0 radical (unpaired) electrons. The molecule has 0 amide bonds. The molecular formula is C17H16BrClN2. The van der Waals surface area contributed by atoms with Crippen LogP contribution in [-0.2, 0) is 6.54 Å². The lowest BCUT2D eigenvalue weighted by Gasteiger charge is -2.11. The van der Waals surface area contributed by atoms with Crippen molar-refractivity contribution in [3.05, 3.63) is 63.9 Å². The number of para-hydroxylation sites is 1. The Balaban J connectivity index is 2.16. The van der Waals surface area contributed by atoms with Crippen molar-refractivity contribution in [1.29, 1.82) is 0 Å². The molecular weight excluding hydrogens is 348 g/mol. The van der Waals surface area contributed by atoms with Gasteiger partial charge in [-0.2, -0.15) is 0 Å². The highest BCUT2D eigenvalue weighted by molar-refractivity contribution is 9.10. The Labute approximate surface area is 137 Å². The van der Waals surface area contributed by atoms with Crippen molar-refractivity contribution in [3.63, 3.8) is 0 Å². The quantitative estimate of drug-likeness (QED) is 0.565. The predicted octanol–water partition coefficient (Wildman–Crippen LogP) is 5.46. The van der Waals surface area contributed by atoms with Crippen LogP contribution in [0.15, 0.2) is 46.9 Å². The molecule has 4 heteroatoms. The second-order valence-corrected chi connectivity index (χ2v) is 6.82. The summed E-state index contributed by atoms with van der Waals surface area (Å²) in [6.45, 7) is 4.82. The minimum absolute atomic E-state index is 0.121. The van der Waals surface area contributed by atoms with Gasteiger partial charge in [0.1, 0.15) is 5.82 Å². The van der Waals surface area contributed by atoms with Gasteiger partial charge in [-0.1, -0.05) is 40.2 Å². The van der Waals surface area contributed by atoms with Crippen molar-refractivity contribution in [1.82, 2.24) is 9.55 Å². The number of rotatable bonds is 3. The third-order valence-electron chi connectivity index (χ3n) is 3.60. The van der Waals surface area contributed by atoms with Crippen LogP contribution in [0, 0.1) is 6.92 Å². The number of alkyl halides is 1. The van der Waals surface area contributed by atoms with E-state index in [-0.39, 0.29) is 5.38 Å². The van der Waals surface area contributed by atoms with Gasteiger partial charge in [-0.3, -0.25) is 0 Å². The molecule has 0 saturated carbocycles. The average Bonchev–Trinajstić information content (AvgIpc) is 2.80. The van der Waals surface area contributed by atoms with Gasteiger partial charge in [-0.15, -0.1) is 11.6 Å². The fourth-order valence-electron chi connectivity index (χ4n) is 2.59. The van der Waals surface area contributed by atoms with Crippen molar-refractivity contribution < 1.29 is 0 Å². The van der Waals surface area contributed by atoms with Gasteiger partial charge < -0.3 is 4.57 Å². The molecule has 1 heterocycles. The standard InChI is InChI=1S/C17H16BrClN2/c1-11-5-3-8-15-16(11)20-17(12(2)19)21(15)10-13-6-4-7-14(18)9-13/h3-9,12H,10H2,1-2H3. The zero-order valence-corrected chi connectivity index (χ0v) is 14.3. The van der Waals surface area contributed by atoms with Gasteiger partial charge in [0.05, 0.1) is 16.4 Å². The monoisotopic (exact) mass is 362 g/mol. The normalized spacial score (nSPS) is 12.8. The Bertz CT molecular complexity index is 793. The third-order valence-corrected chi connectivity index (χ3v) is 4.28. The first-order valence-corrected chi connectivity index (χ1v) is 8.13. The van der Waals surface area contributed by atoms with Crippen LogP contribution in [0.25, 0.3) is 11.0 Å². The Morgan fingerprint density at radius 3 is 2.71 bits per heavy atom. The van der Waals surface area contributed by atoms with Gasteiger partial charge >= 0.3 is 0 Å². The minimum atomic E-state index is -0.121. The molecule has 108 valence electrons. The number of benzene rings is 2. The zero-order chi connectivity index (χ0) is 15.0. The molecule has 2 nitrogen and oxygen atoms in total. The summed E-state index contributed by atoms with van der Waals surface area (Å²) in [7, 11) is 0. The Morgan fingerprint density at radius 1 is 1.24 bits per heavy atom. The molecule has 3 aromatic rings. The fraction of sp³-hybridized carbons (Fsp3) is 0.235. The SMILES string of the molecule is Cc1cccc2c1nc(C(C)Cl)n2Cc1cccc(Br)c1. The van der Waals surface area contributed by atoms with Crippen LogP contribution in [-0.4, -0.2) is 9.55 Å². The first-order chi connectivity index (χ1) is 10.1. The summed E-state index contributed by atoms with van der Waals surface area (Å²) in [6.07, 6.45) is 0. The number of halogens is 2. The third kappa shape index (κ3) is 2.85. The van der Waals surface area contributed by atoms with E-state index in [1.165, 1.54) is 11.1 Å². The topological polar surface area (TPSA) is 17.8 Å². The Hall–Kier alpha value is -1.32. The van der Waals surface area contributed by atoms with Gasteiger partial charge in [0.25, 0.3) is 0 Å². The Morgan fingerprint density at radius 2 is 2.00 bits per heavy atom. The van der Waals surface area contributed by atoms with E-state index >= 15 is 0 Å². The summed E-state index contributed by atoms with van der Waals surface area (Å²) in [6, 6.07) is 14.6.